The number of hydrogen-bond donors (Lipinski definition) is 2. The number of H-pyrrole nitrogens is 1. The van der Waals surface area contributed by atoms with Crippen LogP contribution in [0.4, 0.5) is 0 Å². The minimum Gasteiger partial charge on any atom is -0.343 e. The summed E-state index contributed by atoms with van der Waals surface area (Å²) in [6.07, 6.45) is 4.72. The summed E-state index contributed by atoms with van der Waals surface area (Å²) >= 11 is 1.43. The third-order valence-corrected chi connectivity index (χ3v) is 4.39. The van der Waals surface area contributed by atoms with Crippen molar-refractivity contribution in [3.8, 4) is 22.1 Å². The third-order valence-electron chi connectivity index (χ3n) is 3.50. The topological polar surface area (TPSA) is 109 Å². The number of thiazole rings is 1. The molecule has 4 rings (SSSR count). The van der Waals surface area contributed by atoms with Crippen LogP contribution in [0, 0.1) is 0 Å². The maximum atomic E-state index is 12.3. The Hall–Kier alpha value is -3.46. The molecule has 0 bridgehead atoms. The standard InChI is InChI=1S/C17H13N7OS/c25-16(13-10-26-17(21-13)11-4-2-1-3-5-11)20-9-14-22-15(24-23-14)12-8-18-6-7-19-12/h1-8,10H,9H2,(H,20,25)(H,22,23,24). The van der Waals surface area contributed by atoms with Crippen LogP contribution in [0.5, 0.6) is 0 Å². The van der Waals surface area contributed by atoms with E-state index in [0.717, 1.165) is 10.6 Å². The minimum atomic E-state index is -0.263. The summed E-state index contributed by atoms with van der Waals surface area (Å²) in [5.41, 5.74) is 1.93. The first kappa shape index (κ1) is 16.0. The fraction of sp³-hybridized carbons (Fsp3) is 0.0588. The zero-order valence-corrected chi connectivity index (χ0v) is 14.3. The SMILES string of the molecule is O=C(NCc1nc(-c2cnccn2)n[nH]1)c1csc(-c2ccccc2)n1. The summed E-state index contributed by atoms with van der Waals surface area (Å²) in [6, 6.07) is 9.74. The summed E-state index contributed by atoms with van der Waals surface area (Å²) in [7, 11) is 0. The molecule has 2 N–H and O–H groups in total. The Labute approximate surface area is 152 Å². The zero-order valence-electron chi connectivity index (χ0n) is 13.5. The van der Waals surface area contributed by atoms with Crippen LogP contribution in [-0.2, 0) is 6.54 Å². The molecule has 9 heteroatoms. The molecule has 3 heterocycles. The van der Waals surface area contributed by atoms with Crippen LogP contribution >= 0.6 is 11.3 Å². The molecule has 0 unspecified atom stereocenters. The lowest BCUT2D eigenvalue weighted by molar-refractivity contribution is 0.0945. The van der Waals surface area contributed by atoms with E-state index in [0.29, 0.717) is 23.0 Å². The smallest absolute Gasteiger partial charge is 0.271 e. The molecule has 0 atom stereocenters. The largest absolute Gasteiger partial charge is 0.343 e. The Kier molecular flexibility index (Phi) is 4.44. The molecule has 0 aliphatic heterocycles. The van der Waals surface area contributed by atoms with Crippen LogP contribution in [-0.4, -0.2) is 36.0 Å². The molecule has 0 saturated carbocycles. The van der Waals surface area contributed by atoms with E-state index >= 15 is 0 Å². The molecule has 1 amide bonds. The van der Waals surface area contributed by atoms with E-state index < -0.39 is 0 Å². The average Bonchev–Trinajstić information content (AvgIpc) is 3.37. The van der Waals surface area contributed by atoms with Gasteiger partial charge in [-0.25, -0.2) is 15.0 Å². The average molecular weight is 363 g/mol. The van der Waals surface area contributed by atoms with Gasteiger partial charge in [0.05, 0.1) is 12.7 Å². The zero-order chi connectivity index (χ0) is 17.8. The van der Waals surface area contributed by atoms with Gasteiger partial charge in [-0.2, -0.15) is 5.10 Å². The van der Waals surface area contributed by atoms with E-state index in [2.05, 4.69) is 35.5 Å². The van der Waals surface area contributed by atoms with Crippen molar-refractivity contribution in [3.63, 3.8) is 0 Å². The fourth-order valence-electron chi connectivity index (χ4n) is 2.25. The van der Waals surface area contributed by atoms with Gasteiger partial charge in [-0.05, 0) is 0 Å². The molecule has 0 saturated heterocycles. The van der Waals surface area contributed by atoms with Gasteiger partial charge in [0.1, 0.15) is 22.2 Å². The van der Waals surface area contributed by atoms with Gasteiger partial charge >= 0.3 is 0 Å². The number of nitrogens with one attached hydrogen (secondary N) is 2. The lowest BCUT2D eigenvalue weighted by atomic mass is 10.2. The molecule has 0 aliphatic rings. The summed E-state index contributed by atoms with van der Waals surface area (Å²) < 4.78 is 0. The normalized spacial score (nSPS) is 10.6. The summed E-state index contributed by atoms with van der Waals surface area (Å²) in [5.74, 6) is 0.695. The van der Waals surface area contributed by atoms with Gasteiger partial charge in [-0.1, -0.05) is 30.3 Å². The van der Waals surface area contributed by atoms with Gasteiger partial charge in [0.15, 0.2) is 0 Å². The minimum absolute atomic E-state index is 0.213. The Balaban J connectivity index is 1.40. The number of rotatable bonds is 5. The van der Waals surface area contributed by atoms with Crippen LogP contribution in [0.3, 0.4) is 0 Å². The van der Waals surface area contributed by atoms with Gasteiger partial charge in [-0.15, -0.1) is 11.3 Å². The molecule has 0 spiro atoms. The van der Waals surface area contributed by atoms with Crippen molar-refractivity contribution in [1.82, 2.24) is 35.5 Å². The van der Waals surface area contributed by atoms with Crippen LogP contribution in [0.15, 0.2) is 54.3 Å². The molecule has 128 valence electrons. The lowest BCUT2D eigenvalue weighted by Crippen LogP contribution is -2.23. The quantitative estimate of drug-likeness (QED) is 0.563. The van der Waals surface area contributed by atoms with Gasteiger partial charge in [0, 0.05) is 23.3 Å². The monoisotopic (exact) mass is 363 g/mol. The highest BCUT2D eigenvalue weighted by Crippen LogP contribution is 2.23. The van der Waals surface area contributed by atoms with Crippen molar-refractivity contribution in [2.24, 2.45) is 0 Å². The summed E-state index contributed by atoms with van der Waals surface area (Å²) in [6.45, 7) is 0.213. The molecular weight excluding hydrogens is 350 g/mol. The first-order chi connectivity index (χ1) is 12.8. The van der Waals surface area contributed by atoms with Crippen molar-refractivity contribution >= 4 is 17.2 Å². The molecule has 4 aromatic rings. The number of aromatic amines is 1. The Morgan fingerprint density at radius 1 is 1.15 bits per heavy atom. The number of amides is 1. The van der Waals surface area contributed by atoms with E-state index in [4.69, 9.17) is 0 Å². The highest BCUT2D eigenvalue weighted by atomic mass is 32.1. The Morgan fingerprint density at radius 3 is 2.85 bits per heavy atom. The molecular formula is C17H13N7OS. The number of aromatic nitrogens is 6. The van der Waals surface area contributed by atoms with Crippen LogP contribution in [0.25, 0.3) is 22.1 Å². The maximum absolute atomic E-state index is 12.3. The molecule has 0 aliphatic carbocycles. The second-order valence-electron chi connectivity index (χ2n) is 5.28. The van der Waals surface area contributed by atoms with E-state index in [1.54, 1.807) is 24.0 Å². The fourth-order valence-corrected chi connectivity index (χ4v) is 3.06. The van der Waals surface area contributed by atoms with Gasteiger partial charge in [0.2, 0.25) is 5.82 Å². The van der Waals surface area contributed by atoms with Crippen molar-refractivity contribution in [2.75, 3.05) is 0 Å². The van der Waals surface area contributed by atoms with Crippen molar-refractivity contribution < 1.29 is 4.79 Å². The highest BCUT2D eigenvalue weighted by Gasteiger charge is 2.13. The number of hydrogen-bond acceptors (Lipinski definition) is 7. The first-order valence-corrected chi connectivity index (χ1v) is 8.64. The highest BCUT2D eigenvalue weighted by molar-refractivity contribution is 7.13. The molecule has 1 aromatic carbocycles. The van der Waals surface area contributed by atoms with Crippen molar-refractivity contribution in [1.29, 1.82) is 0 Å². The third kappa shape index (κ3) is 3.47. The molecule has 0 fully saturated rings. The van der Waals surface area contributed by atoms with E-state index in [1.807, 2.05) is 30.3 Å². The first-order valence-electron chi connectivity index (χ1n) is 7.76. The second-order valence-corrected chi connectivity index (χ2v) is 6.14. The van der Waals surface area contributed by atoms with Gasteiger partial charge < -0.3 is 5.32 Å². The lowest BCUT2D eigenvalue weighted by Gasteiger charge is -1.99. The molecule has 0 radical (unpaired) electrons. The Morgan fingerprint density at radius 2 is 2.04 bits per heavy atom. The van der Waals surface area contributed by atoms with Crippen molar-refractivity contribution in [2.45, 2.75) is 6.54 Å². The Bertz CT molecular complexity index is 1010. The van der Waals surface area contributed by atoms with E-state index in [1.165, 1.54) is 11.3 Å². The van der Waals surface area contributed by atoms with Crippen molar-refractivity contribution in [3.05, 3.63) is 65.8 Å². The van der Waals surface area contributed by atoms with E-state index in [-0.39, 0.29) is 12.5 Å². The van der Waals surface area contributed by atoms with E-state index in [9.17, 15) is 4.79 Å². The maximum Gasteiger partial charge on any atom is 0.271 e. The van der Waals surface area contributed by atoms with Crippen LogP contribution in [0.1, 0.15) is 16.3 Å². The number of carbonyl (C=O) groups is 1. The second kappa shape index (κ2) is 7.19. The summed E-state index contributed by atoms with van der Waals surface area (Å²) in [5, 5.41) is 12.2. The number of benzene rings is 1. The molecule has 3 aromatic heterocycles. The van der Waals surface area contributed by atoms with Crippen LogP contribution in [0.2, 0.25) is 0 Å². The number of nitrogens with zero attached hydrogens (tertiary/aromatic N) is 5. The molecule has 26 heavy (non-hydrogen) atoms. The predicted molar refractivity (Wildman–Crippen MR) is 96.1 cm³/mol. The predicted octanol–water partition coefficient (Wildman–Crippen LogP) is 2.32. The molecule has 8 nitrogen and oxygen atoms in total. The summed E-state index contributed by atoms with van der Waals surface area (Å²) in [4.78, 5) is 29.1. The number of carbonyl (C=O) groups excluding carboxylic acids is 1. The van der Waals surface area contributed by atoms with Gasteiger partial charge in [0.25, 0.3) is 5.91 Å². The van der Waals surface area contributed by atoms with Crippen LogP contribution < -0.4 is 5.32 Å². The van der Waals surface area contributed by atoms with Gasteiger partial charge in [-0.3, -0.25) is 14.9 Å².